The van der Waals surface area contributed by atoms with Gasteiger partial charge in [-0.3, -0.25) is 4.68 Å². The van der Waals surface area contributed by atoms with Gasteiger partial charge >= 0.3 is 0 Å². The van der Waals surface area contributed by atoms with Gasteiger partial charge in [0.15, 0.2) is 0 Å². The van der Waals surface area contributed by atoms with Crippen LogP contribution in [-0.2, 0) is 6.42 Å². The zero-order valence-electron chi connectivity index (χ0n) is 9.96. The quantitative estimate of drug-likeness (QED) is 0.868. The Morgan fingerprint density at radius 1 is 1.35 bits per heavy atom. The van der Waals surface area contributed by atoms with Crippen molar-refractivity contribution >= 4 is 22.9 Å². The minimum absolute atomic E-state index is 0.401. The lowest BCUT2D eigenvalue weighted by molar-refractivity contribution is 0.647. The number of nitrogens with one attached hydrogen (secondary N) is 1. The van der Waals surface area contributed by atoms with E-state index in [1.54, 1.807) is 11.3 Å². The van der Waals surface area contributed by atoms with Crippen LogP contribution in [0.4, 0.5) is 0 Å². The van der Waals surface area contributed by atoms with Crippen LogP contribution in [0.3, 0.4) is 0 Å². The van der Waals surface area contributed by atoms with Crippen molar-refractivity contribution in [3.05, 3.63) is 44.4 Å². The van der Waals surface area contributed by atoms with Crippen molar-refractivity contribution in [1.29, 1.82) is 0 Å². The number of fused-ring (bicyclic) bond motifs is 1. The average Bonchev–Trinajstić information content (AvgIpc) is 2.90. The molecule has 0 saturated carbocycles. The second kappa shape index (κ2) is 4.07. The smallest absolute Gasteiger partial charge is 0.0934 e. The first-order valence-electron chi connectivity index (χ1n) is 5.85. The van der Waals surface area contributed by atoms with Crippen molar-refractivity contribution in [3.63, 3.8) is 0 Å². The lowest BCUT2D eigenvalue weighted by Crippen LogP contribution is -2.21. The molecule has 0 amide bonds. The molecule has 2 nitrogen and oxygen atoms in total. The van der Waals surface area contributed by atoms with E-state index in [2.05, 4.69) is 42.1 Å². The van der Waals surface area contributed by atoms with E-state index in [0.29, 0.717) is 6.04 Å². The van der Waals surface area contributed by atoms with Crippen LogP contribution >= 0.6 is 22.9 Å². The zero-order chi connectivity index (χ0) is 12.0. The van der Waals surface area contributed by atoms with E-state index in [9.17, 15) is 0 Å². The number of hydrogen-bond donors (Lipinski definition) is 1. The first-order chi connectivity index (χ1) is 8.15. The second-order valence-corrected chi connectivity index (χ2v) is 6.37. The van der Waals surface area contributed by atoms with Gasteiger partial charge < -0.3 is 5.43 Å². The molecule has 0 fully saturated rings. The summed E-state index contributed by atoms with van der Waals surface area (Å²) in [6.45, 7) is 4.24. The minimum Gasteiger partial charge on any atom is -0.318 e. The number of halogens is 1. The molecule has 0 saturated heterocycles. The van der Waals surface area contributed by atoms with E-state index in [0.717, 1.165) is 17.2 Å². The number of hydrogen-bond acceptors (Lipinski definition) is 2. The Hall–Kier alpha value is -0.930. The summed E-state index contributed by atoms with van der Waals surface area (Å²) in [7, 11) is 0. The van der Waals surface area contributed by atoms with Crippen molar-refractivity contribution in [2.45, 2.75) is 32.7 Å². The fourth-order valence-corrected chi connectivity index (χ4v) is 3.85. The average molecular weight is 267 g/mol. The molecular weight excluding hydrogens is 252 g/mol. The molecule has 1 aliphatic carbocycles. The van der Waals surface area contributed by atoms with Crippen LogP contribution in [0.1, 0.15) is 34.3 Å². The van der Waals surface area contributed by atoms with Gasteiger partial charge in [-0.1, -0.05) is 11.6 Å². The third kappa shape index (κ3) is 1.87. The van der Waals surface area contributed by atoms with Crippen LogP contribution in [0.15, 0.2) is 18.2 Å². The van der Waals surface area contributed by atoms with Crippen LogP contribution in [0, 0.1) is 13.8 Å². The molecule has 0 aliphatic heterocycles. The fraction of sp³-hybridized carbons (Fsp3) is 0.385. The highest BCUT2D eigenvalue weighted by atomic mass is 35.5. The summed E-state index contributed by atoms with van der Waals surface area (Å²) in [4.78, 5) is 1.44. The van der Waals surface area contributed by atoms with Crippen LogP contribution in [-0.4, -0.2) is 4.68 Å². The Labute approximate surface area is 110 Å². The lowest BCUT2D eigenvalue weighted by Gasteiger charge is -2.19. The second-order valence-electron chi connectivity index (χ2n) is 4.60. The molecule has 0 radical (unpaired) electrons. The Balaban J connectivity index is 1.88. The molecule has 1 atom stereocenters. The van der Waals surface area contributed by atoms with Gasteiger partial charge in [0.05, 0.1) is 10.4 Å². The van der Waals surface area contributed by atoms with E-state index in [-0.39, 0.29) is 0 Å². The van der Waals surface area contributed by atoms with Crippen LogP contribution < -0.4 is 5.43 Å². The van der Waals surface area contributed by atoms with Gasteiger partial charge in [-0.15, -0.1) is 11.3 Å². The first-order valence-corrected chi connectivity index (χ1v) is 7.04. The highest BCUT2D eigenvalue weighted by Crippen LogP contribution is 2.39. The predicted molar refractivity (Wildman–Crippen MR) is 73.7 cm³/mol. The summed E-state index contributed by atoms with van der Waals surface area (Å²) >= 11 is 7.79. The molecule has 90 valence electrons. The van der Waals surface area contributed by atoms with Crippen molar-refractivity contribution in [3.8, 4) is 0 Å². The maximum Gasteiger partial charge on any atom is 0.0934 e. The first kappa shape index (κ1) is 11.2. The van der Waals surface area contributed by atoms with Crippen LogP contribution in [0.2, 0.25) is 4.34 Å². The number of thiophene rings is 1. The summed E-state index contributed by atoms with van der Waals surface area (Å²) in [5.74, 6) is 0. The van der Waals surface area contributed by atoms with Gasteiger partial charge in [0, 0.05) is 16.3 Å². The normalized spacial score (nSPS) is 18.4. The maximum atomic E-state index is 6.07. The van der Waals surface area contributed by atoms with E-state index < -0.39 is 0 Å². The van der Waals surface area contributed by atoms with E-state index in [1.165, 1.54) is 21.8 Å². The number of rotatable bonds is 2. The maximum absolute atomic E-state index is 6.07. The highest BCUT2D eigenvalue weighted by molar-refractivity contribution is 7.16. The molecular formula is C13H15ClN2S. The van der Waals surface area contributed by atoms with Crippen LogP contribution in [0.5, 0.6) is 0 Å². The molecule has 17 heavy (non-hydrogen) atoms. The van der Waals surface area contributed by atoms with E-state index in [4.69, 9.17) is 11.6 Å². The molecule has 0 bridgehead atoms. The monoisotopic (exact) mass is 266 g/mol. The third-order valence-corrected chi connectivity index (χ3v) is 4.74. The summed E-state index contributed by atoms with van der Waals surface area (Å²) in [5, 5.41) is 0. The predicted octanol–water partition coefficient (Wildman–Crippen LogP) is 4.05. The molecule has 4 heteroatoms. The molecule has 0 aromatic carbocycles. The standard InChI is InChI=1S/C13H15ClN2S/c1-8-3-4-9(2)16(8)15-11-5-6-12-10(11)7-13(14)17-12/h3-4,7,11,15H,5-6H2,1-2H3. The topological polar surface area (TPSA) is 17.0 Å². The molecule has 2 aromatic heterocycles. The lowest BCUT2D eigenvalue weighted by atomic mass is 10.2. The highest BCUT2D eigenvalue weighted by Gasteiger charge is 2.25. The zero-order valence-corrected chi connectivity index (χ0v) is 11.5. The molecule has 3 rings (SSSR count). The number of aryl methyl sites for hydroxylation is 3. The van der Waals surface area contributed by atoms with Crippen molar-refractivity contribution in [1.82, 2.24) is 4.68 Å². The molecule has 2 aromatic rings. The summed E-state index contributed by atoms with van der Waals surface area (Å²) < 4.78 is 3.08. The molecule has 0 spiro atoms. The number of aromatic nitrogens is 1. The number of nitrogens with zero attached hydrogens (tertiary/aromatic N) is 1. The van der Waals surface area contributed by atoms with E-state index >= 15 is 0 Å². The van der Waals surface area contributed by atoms with Gasteiger partial charge in [0.2, 0.25) is 0 Å². The SMILES string of the molecule is Cc1ccc(C)n1NC1CCc2sc(Cl)cc21. The summed E-state index contributed by atoms with van der Waals surface area (Å²) in [6, 6.07) is 6.79. The minimum atomic E-state index is 0.401. The Bertz CT molecular complexity index is 536. The van der Waals surface area contributed by atoms with Gasteiger partial charge in [0.1, 0.15) is 0 Å². The largest absolute Gasteiger partial charge is 0.318 e. The van der Waals surface area contributed by atoms with Gasteiger partial charge in [-0.2, -0.15) is 0 Å². The Kier molecular flexibility index (Phi) is 2.68. The van der Waals surface area contributed by atoms with Gasteiger partial charge in [-0.05, 0) is 50.5 Å². The van der Waals surface area contributed by atoms with Crippen LogP contribution in [0.25, 0.3) is 0 Å². The Morgan fingerprint density at radius 3 is 2.76 bits per heavy atom. The van der Waals surface area contributed by atoms with Gasteiger partial charge in [0.25, 0.3) is 0 Å². The van der Waals surface area contributed by atoms with Crippen molar-refractivity contribution in [2.75, 3.05) is 5.43 Å². The van der Waals surface area contributed by atoms with Crippen molar-refractivity contribution < 1.29 is 0 Å². The third-order valence-electron chi connectivity index (χ3n) is 3.40. The molecule has 2 heterocycles. The molecule has 1 unspecified atom stereocenters. The van der Waals surface area contributed by atoms with E-state index in [1.807, 2.05) is 0 Å². The Morgan fingerprint density at radius 2 is 2.06 bits per heavy atom. The van der Waals surface area contributed by atoms with Crippen molar-refractivity contribution in [2.24, 2.45) is 0 Å². The molecule has 1 N–H and O–H groups in total. The fourth-order valence-electron chi connectivity index (χ4n) is 2.49. The summed E-state index contributed by atoms with van der Waals surface area (Å²) in [5.41, 5.74) is 7.47. The molecule has 1 aliphatic rings. The van der Waals surface area contributed by atoms with Gasteiger partial charge in [-0.25, -0.2) is 0 Å². The summed E-state index contributed by atoms with van der Waals surface area (Å²) in [6.07, 6.45) is 2.30.